The number of aromatic nitrogens is 5. The number of hydrogen-bond acceptors (Lipinski definition) is 11. The number of benzene rings is 2. The van der Waals surface area contributed by atoms with Crippen molar-refractivity contribution >= 4 is 43.2 Å². The molecule has 0 spiro atoms. The predicted octanol–water partition coefficient (Wildman–Crippen LogP) is 4.83. The van der Waals surface area contributed by atoms with Crippen LogP contribution in [0.25, 0.3) is 32.9 Å². The normalized spacial score (nSPS) is 21.0. The van der Waals surface area contributed by atoms with E-state index in [1.54, 1.807) is 27.1 Å². The van der Waals surface area contributed by atoms with Crippen molar-refractivity contribution in [2.45, 2.75) is 56.9 Å². The number of amides is 1. The van der Waals surface area contributed by atoms with Crippen molar-refractivity contribution in [1.29, 1.82) is 0 Å². The number of phenolic OH excluding ortho intramolecular Hbond substituents is 1. The maximum absolute atomic E-state index is 16.9. The van der Waals surface area contributed by atoms with E-state index in [0.29, 0.717) is 41.4 Å². The minimum absolute atomic E-state index is 0.00726. The second-order valence-electron chi connectivity index (χ2n) is 14.6. The van der Waals surface area contributed by atoms with Gasteiger partial charge in [-0.3, -0.25) is 19.4 Å². The molecule has 284 valence electrons. The van der Waals surface area contributed by atoms with Gasteiger partial charge in [0.2, 0.25) is 0 Å². The van der Waals surface area contributed by atoms with Gasteiger partial charge in [-0.2, -0.15) is 15.1 Å². The highest BCUT2D eigenvalue weighted by atomic mass is 32.2. The molecule has 0 bridgehead atoms. The van der Waals surface area contributed by atoms with Gasteiger partial charge in [-0.1, -0.05) is 13.0 Å². The first-order chi connectivity index (χ1) is 25.8. The van der Waals surface area contributed by atoms with Gasteiger partial charge in [0.25, 0.3) is 5.91 Å². The van der Waals surface area contributed by atoms with Crippen molar-refractivity contribution in [3.05, 3.63) is 65.1 Å². The number of phenols is 1. The molecule has 2 N–H and O–H groups in total. The maximum Gasteiger partial charge on any atom is 0.319 e. The summed E-state index contributed by atoms with van der Waals surface area (Å²) in [7, 11) is -0.0458. The van der Waals surface area contributed by atoms with Crippen LogP contribution in [0.5, 0.6) is 11.8 Å². The number of ether oxygens (including phenoxy) is 1. The van der Waals surface area contributed by atoms with Gasteiger partial charge >= 0.3 is 6.01 Å². The summed E-state index contributed by atoms with van der Waals surface area (Å²) in [5.41, 5.74) is 0.260. The number of halogens is 3. The molecule has 0 saturated carbocycles. The zero-order valence-electron chi connectivity index (χ0n) is 29.9. The third-order valence-corrected chi connectivity index (χ3v) is 12.5. The number of nitrogens with one attached hydrogen (secondary N) is 1. The number of hydrogen-bond donors (Lipinski definition) is 2. The number of aryl methyl sites for hydroxylation is 1. The molecule has 3 fully saturated rings. The van der Waals surface area contributed by atoms with E-state index in [1.807, 2.05) is 0 Å². The summed E-state index contributed by atoms with van der Waals surface area (Å²) < 4.78 is 78.1. The van der Waals surface area contributed by atoms with E-state index in [-0.39, 0.29) is 76.0 Å². The topological polar surface area (TPSA) is 156 Å². The smallest absolute Gasteiger partial charge is 0.319 e. The fraction of sp³-hybridized carbons (Fsp3) is 0.432. The number of pyridine rings is 1. The van der Waals surface area contributed by atoms with Crippen LogP contribution >= 0.6 is 0 Å². The Bertz CT molecular complexity index is 2430. The van der Waals surface area contributed by atoms with Crippen molar-refractivity contribution in [3.63, 3.8) is 0 Å². The van der Waals surface area contributed by atoms with E-state index < -0.39 is 39.2 Å². The van der Waals surface area contributed by atoms with Gasteiger partial charge in [0.1, 0.15) is 47.1 Å². The molecule has 54 heavy (non-hydrogen) atoms. The van der Waals surface area contributed by atoms with Crippen LogP contribution in [-0.4, -0.2) is 111 Å². The first kappa shape index (κ1) is 36.0. The molecular formula is C37H39F3N8O5S. The third-order valence-electron chi connectivity index (χ3n) is 10.7. The molecule has 3 aliphatic rings. The molecule has 5 aromatic rings. The first-order valence-corrected chi connectivity index (χ1v) is 19.6. The van der Waals surface area contributed by atoms with E-state index in [1.165, 1.54) is 40.0 Å². The SMILES string of the molecule is CCc1c(F)ccc2cc(O)cc(-c3ncc4c(NCc5cc(C(=O)N(C)C)n(C6CS(=O)(=O)C6)n5)nc(OC[C@@]56CCCN5C[C@H](F)C6)nc4c3F)c12. The molecule has 8 rings (SSSR count). The molecule has 0 aliphatic carbocycles. The van der Waals surface area contributed by atoms with Gasteiger partial charge in [-0.25, -0.2) is 21.6 Å². The van der Waals surface area contributed by atoms with Gasteiger partial charge in [0.15, 0.2) is 15.7 Å². The van der Waals surface area contributed by atoms with Crippen LogP contribution in [0.15, 0.2) is 36.5 Å². The van der Waals surface area contributed by atoms with Crippen LogP contribution in [0, 0.1) is 11.6 Å². The zero-order chi connectivity index (χ0) is 38.1. The number of fused-ring (bicyclic) bond motifs is 3. The number of aromatic hydroxyl groups is 1. The molecule has 13 nitrogen and oxygen atoms in total. The highest BCUT2D eigenvalue weighted by Crippen LogP contribution is 2.41. The summed E-state index contributed by atoms with van der Waals surface area (Å²) in [5, 5.41) is 19.4. The van der Waals surface area contributed by atoms with Crippen molar-refractivity contribution in [1.82, 2.24) is 34.5 Å². The van der Waals surface area contributed by atoms with Crippen LogP contribution in [0.4, 0.5) is 19.0 Å². The summed E-state index contributed by atoms with van der Waals surface area (Å²) in [5.74, 6) is -1.98. The van der Waals surface area contributed by atoms with E-state index in [9.17, 15) is 22.7 Å². The van der Waals surface area contributed by atoms with Crippen LogP contribution in [0.3, 0.4) is 0 Å². The van der Waals surface area contributed by atoms with Gasteiger partial charge in [-0.05, 0) is 66.4 Å². The highest BCUT2D eigenvalue weighted by Gasteiger charge is 2.49. The Balaban J connectivity index is 1.21. The number of alkyl halides is 1. The number of nitrogens with zero attached hydrogens (tertiary/aromatic N) is 7. The lowest BCUT2D eigenvalue weighted by molar-refractivity contribution is 0.0813. The average molecular weight is 765 g/mol. The number of anilines is 1. The summed E-state index contributed by atoms with van der Waals surface area (Å²) in [4.78, 5) is 30.0. The molecule has 3 saturated heterocycles. The Hall–Kier alpha value is -5.03. The lowest BCUT2D eigenvalue weighted by Crippen LogP contribution is -2.43. The Kier molecular flexibility index (Phi) is 8.91. The van der Waals surface area contributed by atoms with E-state index in [2.05, 4.69) is 30.3 Å². The summed E-state index contributed by atoms with van der Waals surface area (Å²) in [6.45, 7) is 2.92. The molecule has 3 aromatic heterocycles. The Labute approximate surface area is 309 Å². The molecule has 0 unspecified atom stereocenters. The molecule has 2 aromatic carbocycles. The summed E-state index contributed by atoms with van der Waals surface area (Å²) >= 11 is 0. The molecule has 0 radical (unpaired) electrons. The number of carbonyl (C=O) groups is 1. The van der Waals surface area contributed by atoms with E-state index >= 15 is 8.78 Å². The molecule has 2 atom stereocenters. The van der Waals surface area contributed by atoms with Gasteiger partial charge in [-0.15, -0.1) is 0 Å². The van der Waals surface area contributed by atoms with Gasteiger partial charge in [0, 0.05) is 38.8 Å². The fourth-order valence-corrected chi connectivity index (χ4v) is 9.51. The predicted molar refractivity (Wildman–Crippen MR) is 195 cm³/mol. The van der Waals surface area contributed by atoms with Crippen molar-refractivity contribution in [2.75, 3.05) is 50.6 Å². The first-order valence-electron chi connectivity index (χ1n) is 17.8. The second kappa shape index (κ2) is 13.4. The quantitative estimate of drug-likeness (QED) is 0.201. The standard InChI is InChI=1S/C37H39F3N8O5S/c1-4-25-28(39)7-6-20-10-24(49)12-26(30(20)25)32-31(40)33-27(15-41-32)34(44-36(43-33)53-19-37-8-5-9-47(37)16-21(38)13-37)42-14-22-11-29(35(50)46(2)3)48(45-22)23-17-54(51,52)18-23/h6-7,10-12,15,21,23,49H,4-5,8-9,13-14,16-19H2,1-3H3,(H,42,43,44)/t21-,37+/m1/s1. The Morgan fingerprint density at radius 3 is 2.70 bits per heavy atom. The second-order valence-corrected chi connectivity index (χ2v) is 16.8. The van der Waals surface area contributed by atoms with Crippen molar-refractivity contribution < 1.29 is 36.2 Å². The van der Waals surface area contributed by atoms with Crippen molar-refractivity contribution in [3.8, 4) is 23.0 Å². The van der Waals surface area contributed by atoms with Crippen molar-refractivity contribution in [2.24, 2.45) is 0 Å². The number of rotatable bonds is 10. The lowest BCUT2D eigenvalue weighted by atomic mass is 9.94. The molecule has 1 amide bonds. The lowest BCUT2D eigenvalue weighted by Gasteiger charge is -2.30. The van der Waals surface area contributed by atoms with Crippen LogP contribution < -0.4 is 10.1 Å². The maximum atomic E-state index is 16.9. The molecule has 3 aliphatic heterocycles. The third kappa shape index (κ3) is 6.26. The Morgan fingerprint density at radius 1 is 1.17 bits per heavy atom. The van der Waals surface area contributed by atoms with Gasteiger partial charge in [0.05, 0.1) is 40.7 Å². The minimum atomic E-state index is -3.22. The number of sulfone groups is 1. The minimum Gasteiger partial charge on any atom is -0.508 e. The van der Waals surface area contributed by atoms with E-state index in [0.717, 1.165) is 19.4 Å². The molecular weight excluding hydrogens is 726 g/mol. The van der Waals surface area contributed by atoms with E-state index in [4.69, 9.17) is 4.74 Å². The monoisotopic (exact) mass is 764 g/mol. The Morgan fingerprint density at radius 2 is 1.96 bits per heavy atom. The fourth-order valence-electron chi connectivity index (χ4n) is 8.15. The average Bonchev–Trinajstić information content (AvgIpc) is 3.80. The van der Waals surface area contributed by atoms with Crippen LogP contribution in [0.1, 0.15) is 54.0 Å². The zero-order valence-corrected chi connectivity index (χ0v) is 30.8. The largest absolute Gasteiger partial charge is 0.508 e. The molecule has 6 heterocycles. The van der Waals surface area contributed by atoms with Crippen LogP contribution in [-0.2, 0) is 22.8 Å². The number of carbonyl (C=O) groups excluding carboxylic acids is 1. The van der Waals surface area contributed by atoms with Gasteiger partial charge < -0.3 is 20.1 Å². The molecule has 17 heteroatoms. The summed E-state index contributed by atoms with van der Waals surface area (Å²) in [6, 6.07) is 6.54. The van der Waals surface area contributed by atoms with Crippen LogP contribution in [0.2, 0.25) is 0 Å². The highest BCUT2D eigenvalue weighted by molar-refractivity contribution is 7.92. The summed E-state index contributed by atoms with van der Waals surface area (Å²) in [6.07, 6.45) is 2.61.